The third kappa shape index (κ3) is 3.74. The van der Waals surface area contributed by atoms with Crippen LogP contribution >= 0.6 is 12.2 Å². The Kier molecular flexibility index (Phi) is 4.67. The molecule has 4 nitrogen and oxygen atoms in total. The number of para-hydroxylation sites is 1. The van der Waals surface area contributed by atoms with Crippen LogP contribution in [0.25, 0.3) is 0 Å². The highest BCUT2D eigenvalue weighted by atomic mass is 32.1. The van der Waals surface area contributed by atoms with Gasteiger partial charge in [-0.1, -0.05) is 24.3 Å². The van der Waals surface area contributed by atoms with E-state index in [1.807, 2.05) is 48.3 Å². The number of fused-ring (bicyclic) bond motifs is 1. The number of nitrogens with zero attached hydrogens (tertiary/aromatic N) is 1. The zero-order valence-corrected chi connectivity index (χ0v) is 14.2. The van der Waals surface area contributed by atoms with Crippen molar-refractivity contribution in [3.8, 4) is 11.5 Å². The highest BCUT2D eigenvalue weighted by Gasteiger charge is 2.13. The van der Waals surface area contributed by atoms with Crippen molar-refractivity contribution in [2.75, 3.05) is 25.6 Å². The zero-order chi connectivity index (χ0) is 16.2. The van der Waals surface area contributed by atoms with Gasteiger partial charge >= 0.3 is 0 Å². The van der Waals surface area contributed by atoms with Crippen LogP contribution in [0.2, 0.25) is 0 Å². The Balaban J connectivity index is 1.65. The lowest BCUT2D eigenvalue weighted by molar-refractivity contribution is 0.171. The Morgan fingerprint density at radius 2 is 1.87 bits per heavy atom. The molecule has 5 heteroatoms. The van der Waals surface area contributed by atoms with Gasteiger partial charge in [-0.25, -0.2) is 0 Å². The third-order valence-corrected chi connectivity index (χ3v) is 4.17. The first kappa shape index (κ1) is 15.6. The highest BCUT2D eigenvalue weighted by molar-refractivity contribution is 7.80. The molecule has 0 amide bonds. The van der Waals surface area contributed by atoms with Crippen molar-refractivity contribution in [1.82, 2.24) is 4.90 Å². The molecule has 3 rings (SSSR count). The predicted molar refractivity (Wildman–Crippen MR) is 96.3 cm³/mol. The van der Waals surface area contributed by atoms with Crippen molar-refractivity contribution in [2.45, 2.75) is 13.5 Å². The van der Waals surface area contributed by atoms with Gasteiger partial charge in [-0.2, -0.15) is 0 Å². The molecule has 1 aliphatic heterocycles. The molecule has 0 fully saturated rings. The van der Waals surface area contributed by atoms with Crippen molar-refractivity contribution in [1.29, 1.82) is 0 Å². The monoisotopic (exact) mass is 328 g/mol. The first-order valence-corrected chi connectivity index (χ1v) is 8.00. The SMILES string of the molecule is Cc1ccccc1NC(=S)N(C)Cc1ccc2c(c1)OCCO2. The maximum Gasteiger partial charge on any atom is 0.173 e. The van der Waals surface area contributed by atoms with E-state index in [1.54, 1.807) is 0 Å². The normalized spacial score (nSPS) is 12.6. The average molecular weight is 328 g/mol. The molecule has 0 saturated heterocycles. The number of thiocarbonyl (C=S) groups is 1. The first-order valence-electron chi connectivity index (χ1n) is 7.60. The highest BCUT2D eigenvalue weighted by Crippen LogP contribution is 2.31. The lowest BCUT2D eigenvalue weighted by atomic mass is 10.2. The first-order chi connectivity index (χ1) is 11.1. The predicted octanol–water partition coefficient (Wildman–Crippen LogP) is 3.60. The summed E-state index contributed by atoms with van der Waals surface area (Å²) in [5.41, 5.74) is 3.33. The van der Waals surface area contributed by atoms with Crippen molar-refractivity contribution in [3.05, 3.63) is 53.6 Å². The minimum absolute atomic E-state index is 0.597. The average Bonchev–Trinajstić information content (AvgIpc) is 2.56. The van der Waals surface area contributed by atoms with Gasteiger partial charge in [0.05, 0.1) is 0 Å². The van der Waals surface area contributed by atoms with Crippen LogP contribution in [-0.4, -0.2) is 30.3 Å². The van der Waals surface area contributed by atoms with Crippen LogP contribution < -0.4 is 14.8 Å². The molecular weight excluding hydrogens is 308 g/mol. The number of hydrogen-bond acceptors (Lipinski definition) is 3. The van der Waals surface area contributed by atoms with Crippen LogP contribution in [-0.2, 0) is 6.54 Å². The van der Waals surface area contributed by atoms with Crippen LogP contribution in [0, 0.1) is 6.92 Å². The van der Waals surface area contributed by atoms with E-state index < -0.39 is 0 Å². The molecule has 0 aliphatic carbocycles. The molecule has 2 aromatic rings. The number of aryl methyl sites for hydroxylation is 1. The summed E-state index contributed by atoms with van der Waals surface area (Å²) in [7, 11) is 1.98. The Hall–Kier alpha value is -2.27. The van der Waals surface area contributed by atoms with Crippen LogP contribution in [0.4, 0.5) is 5.69 Å². The lowest BCUT2D eigenvalue weighted by Gasteiger charge is -2.23. The van der Waals surface area contributed by atoms with E-state index in [1.165, 1.54) is 5.56 Å². The number of benzene rings is 2. The smallest absolute Gasteiger partial charge is 0.173 e. The Bertz CT molecular complexity index is 718. The molecule has 1 heterocycles. The van der Waals surface area contributed by atoms with Gasteiger partial charge in [-0.15, -0.1) is 0 Å². The molecule has 0 spiro atoms. The second-order valence-electron chi connectivity index (χ2n) is 5.58. The summed E-state index contributed by atoms with van der Waals surface area (Å²) in [4.78, 5) is 2.01. The lowest BCUT2D eigenvalue weighted by Crippen LogP contribution is -2.30. The number of hydrogen-bond donors (Lipinski definition) is 1. The maximum atomic E-state index is 5.63. The van der Waals surface area contributed by atoms with Gasteiger partial charge in [0.1, 0.15) is 13.2 Å². The van der Waals surface area contributed by atoms with Gasteiger partial charge in [0, 0.05) is 19.3 Å². The second kappa shape index (κ2) is 6.87. The van der Waals surface area contributed by atoms with E-state index in [9.17, 15) is 0 Å². The van der Waals surface area contributed by atoms with E-state index in [-0.39, 0.29) is 0 Å². The van der Waals surface area contributed by atoms with Crippen molar-refractivity contribution < 1.29 is 9.47 Å². The van der Waals surface area contributed by atoms with Gasteiger partial charge in [-0.3, -0.25) is 0 Å². The molecule has 0 saturated carbocycles. The van der Waals surface area contributed by atoms with Crippen LogP contribution in [0.3, 0.4) is 0 Å². The number of ether oxygens (including phenoxy) is 2. The van der Waals surface area contributed by atoms with Crippen LogP contribution in [0.1, 0.15) is 11.1 Å². The number of rotatable bonds is 3. The van der Waals surface area contributed by atoms with E-state index in [4.69, 9.17) is 21.7 Å². The van der Waals surface area contributed by atoms with Crippen LogP contribution in [0.15, 0.2) is 42.5 Å². The number of anilines is 1. The number of nitrogens with one attached hydrogen (secondary N) is 1. The van der Waals surface area contributed by atoms with Gasteiger partial charge in [0.25, 0.3) is 0 Å². The fourth-order valence-corrected chi connectivity index (χ4v) is 2.63. The summed E-state index contributed by atoms with van der Waals surface area (Å²) in [6, 6.07) is 14.1. The summed E-state index contributed by atoms with van der Waals surface area (Å²) in [5.74, 6) is 1.61. The standard InChI is InChI=1S/C18H20N2O2S/c1-13-5-3-4-6-15(13)19-18(23)20(2)12-14-7-8-16-17(11-14)22-10-9-21-16/h3-8,11H,9-10,12H2,1-2H3,(H,19,23). The Morgan fingerprint density at radius 3 is 2.65 bits per heavy atom. The molecule has 120 valence electrons. The minimum atomic E-state index is 0.597. The van der Waals surface area contributed by atoms with Gasteiger partial charge in [0.2, 0.25) is 0 Å². The fourth-order valence-electron chi connectivity index (χ4n) is 2.46. The van der Waals surface area contributed by atoms with Crippen molar-refractivity contribution >= 4 is 23.0 Å². The Morgan fingerprint density at radius 1 is 1.13 bits per heavy atom. The molecule has 0 unspecified atom stereocenters. The van der Waals surface area contributed by atoms with Gasteiger partial charge < -0.3 is 19.7 Å². The zero-order valence-electron chi connectivity index (χ0n) is 13.3. The van der Waals surface area contributed by atoms with Crippen LogP contribution in [0.5, 0.6) is 11.5 Å². The van der Waals surface area contributed by atoms with Crippen molar-refractivity contribution in [3.63, 3.8) is 0 Å². The second-order valence-corrected chi connectivity index (χ2v) is 5.97. The molecule has 0 aromatic heterocycles. The van der Waals surface area contributed by atoms with E-state index in [0.717, 1.165) is 22.7 Å². The van der Waals surface area contributed by atoms with Gasteiger partial charge in [-0.05, 0) is 48.5 Å². The molecule has 2 aromatic carbocycles. The molecule has 23 heavy (non-hydrogen) atoms. The van der Waals surface area contributed by atoms with E-state index >= 15 is 0 Å². The molecule has 0 atom stereocenters. The topological polar surface area (TPSA) is 33.7 Å². The summed E-state index contributed by atoms with van der Waals surface area (Å²) in [6.45, 7) is 3.97. The summed E-state index contributed by atoms with van der Waals surface area (Å²) in [6.07, 6.45) is 0. The Labute approximate surface area is 142 Å². The summed E-state index contributed by atoms with van der Waals surface area (Å²) >= 11 is 5.50. The molecular formula is C18H20N2O2S. The minimum Gasteiger partial charge on any atom is -0.486 e. The summed E-state index contributed by atoms with van der Waals surface area (Å²) < 4.78 is 11.2. The quantitative estimate of drug-likeness (QED) is 0.871. The van der Waals surface area contributed by atoms with E-state index in [2.05, 4.69) is 18.3 Å². The maximum absolute atomic E-state index is 5.63. The molecule has 0 radical (unpaired) electrons. The fraction of sp³-hybridized carbons (Fsp3) is 0.278. The molecule has 1 aliphatic rings. The molecule has 0 bridgehead atoms. The third-order valence-electron chi connectivity index (χ3n) is 3.76. The van der Waals surface area contributed by atoms with E-state index in [0.29, 0.717) is 24.9 Å². The summed E-state index contributed by atoms with van der Waals surface area (Å²) in [5, 5.41) is 3.98. The largest absolute Gasteiger partial charge is 0.486 e. The molecule has 1 N–H and O–H groups in total. The van der Waals surface area contributed by atoms with Gasteiger partial charge in [0.15, 0.2) is 16.6 Å². The van der Waals surface area contributed by atoms with Crippen molar-refractivity contribution in [2.24, 2.45) is 0 Å².